The van der Waals surface area contributed by atoms with Gasteiger partial charge in [-0.1, -0.05) is 0 Å². The molecule has 2 amide bonds. The minimum absolute atomic E-state index is 0.129. The smallest absolute Gasteiger partial charge is 0.326 e. The summed E-state index contributed by atoms with van der Waals surface area (Å²) in [6.45, 7) is 0.473. The molecule has 0 fully saturated rings. The molecule has 1 unspecified atom stereocenters. The van der Waals surface area contributed by atoms with Crippen LogP contribution in [0, 0.1) is 5.92 Å². The van der Waals surface area contributed by atoms with Gasteiger partial charge in [0, 0.05) is 12.2 Å². The highest BCUT2D eigenvalue weighted by Crippen LogP contribution is 2.08. The van der Waals surface area contributed by atoms with Gasteiger partial charge < -0.3 is 21.9 Å². The first-order valence-electron chi connectivity index (χ1n) is 6.04. The predicted octanol–water partition coefficient (Wildman–Crippen LogP) is -0.894. The van der Waals surface area contributed by atoms with Gasteiger partial charge in [0.25, 0.3) is 0 Å². The summed E-state index contributed by atoms with van der Waals surface area (Å²) >= 11 is 3.96. The second-order valence-corrected chi connectivity index (χ2v) is 4.60. The first-order chi connectivity index (χ1) is 8.92. The van der Waals surface area contributed by atoms with Crippen LogP contribution < -0.4 is 16.8 Å². The summed E-state index contributed by atoms with van der Waals surface area (Å²) in [5.41, 5.74) is 10.3. The molecule has 7 nitrogen and oxygen atoms in total. The quantitative estimate of drug-likeness (QED) is 0.263. The van der Waals surface area contributed by atoms with E-state index in [-0.39, 0.29) is 12.2 Å². The maximum absolute atomic E-state index is 11.8. The molecule has 0 aromatic carbocycles. The number of thiol groups is 1. The fourth-order valence-corrected chi connectivity index (χ4v) is 1.82. The standard InChI is InChI=1S/C11H21N3O4S/c12-4-2-1-3-8(11(17)18)14-10(16)7(6-19)5-9(13)15/h7-8,19H,1-6,12H2,(H2,13,15)(H,14,16)(H,17,18)/t7?,8-/m0/s1. The molecular formula is C11H21N3O4S. The Balaban J connectivity index is 4.43. The number of carbonyl (C=O) groups is 3. The van der Waals surface area contributed by atoms with Crippen LogP contribution >= 0.6 is 12.6 Å². The van der Waals surface area contributed by atoms with Gasteiger partial charge in [0.05, 0.1) is 5.92 Å². The van der Waals surface area contributed by atoms with Crippen LogP contribution in [0.1, 0.15) is 25.7 Å². The lowest BCUT2D eigenvalue weighted by Gasteiger charge is -2.18. The summed E-state index contributed by atoms with van der Waals surface area (Å²) in [4.78, 5) is 33.6. The van der Waals surface area contributed by atoms with E-state index in [1.165, 1.54) is 0 Å². The number of primary amides is 1. The van der Waals surface area contributed by atoms with Crippen LogP contribution in [-0.2, 0) is 14.4 Å². The average Bonchev–Trinajstić information content (AvgIpc) is 2.34. The number of unbranched alkanes of at least 4 members (excludes halogenated alkanes) is 1. The van der Waals surface area contributed by atoms with Crippen LogP contribution in [0.2, 0.25) is 0 Å². The largest absolute Gasteiger partial charge is 0.480 e. The molecule has 2 atom stereocenters. The number of hydrogen-bond donors (Lipinski definition) is 5. The third-order valence-electron chi connectivity index (χ3n) is 2.60. The zero-order valence-corrected chi connectivity index (χ0v) is 11.6. The summed E-state index contributed by atoms with van der Waals surface area (Å²) in [6.07, 6.45) is 1.45. The van der Waals surface area contributed by atoms with Crippen molar-refractivity contribution < 1.29 is 19.5 Å². The topological polar surface area (TPSA) is 136 Å². The molecule has 0 saturated heterocycles. The Kier molecular flexibility index (Phi) is 8.98. The van der Waals surface area contributed by atoms with Crippen molar-refractivity contribution in [2.24, 2.45) is 17.4 Å². The fraction of sp³-hybridized carbons (Fsp3) is 0.727. The Labute approximate surface area is 117 Å². The van der Waals surface area contributed by atoms with Crippen LogP contribution in [0.4, 0.5) is 0 Å². The Morgan fingerprint density at radius 1 is 1.26 bits per heavy atom. The number of carboxylic acid groups (broad SMARTS) is 1. The first-order valence-corrected chi connectivity index (χ1v) is 6.68. The molecule has 0 aromatic rings. The lowest BCUT2D eigenvalue weighted by Crippen LogP contribution is -2.44. The van der Waals surface area contributed by atoms with Gasteiger partial charge in [0.15, 0.2) is 0 Å². The maximum Gasteiger partial charge on any atom is 0.326 e. The highest BCUT2D eigenvalue weighted by Gasteiger charge is 2.25. The van der Waals surface area contributed by atoms with Gasteiger partial charge in [-0.3, -0.25) is 9.59 Å². The van der Waals surface area contributed by atoms with Gasteiger partial charge in [-0.15, -0.1) is 0 Å². The van der Waals surface area contributed by atoms with E-state index in [0.717, 1.165) is 0 Å². The monoisotopic (exact) mass is 291 g/mol. The number of nitrogens with two attached hydrogens (primary N) is 2. The molecule has 0 bridgehead atoms. The fourth-order valence-electron chi connectivity index (χ4n) is 1.52. The van der Waals surface area contributed by atoms with E-state index in [2.05, 4.69) is 17.9 Å². The summed E-state index contributed by atoms with van der Waals surface area (Å²) in [7, 11) is 0. The normalized spacial score (nSPS) is 13.6. The lowest BCUT2D eigenvalue weighted by molar-refractivity contribution is -0.142. The molecule has 0 aliphatic heterocycles. The van der Waals surface area contributed by atoms with Crippen molar-refractivity contribution in [3.63, 3.8) is 0 Å². The van der Waals surface area contributed by atoms with Crippen LogP contribution in [0.15, 0.2) is 0 Å². The van der Waals surface area contributed by atoms with E-state index in [0.29, 0.717) is 25.8 Å². The van der Waals surface area contributed by atoms with E-state index < -0.39 is 29.7 Å². The Bertz CT molecular complexity index is 325. The SMILES string of the molecule is NCCCC[C@H](NC(=O)C(CS)CC(N)=O)C(=O)O. The zero-order chi connectivity index (χ0) is 14.8. The lowest BCUT2D eigenvalue weighted by atomic mass is 10.0. The van der Waals surface area contributed by atoms with Crippen molar-refractivity contribution in [2.45, 2.75) is 31.7 Å². The van der Waals surface area contributed by atoms with Crippen LogP contribution in [0.3, 0.4) is 0 Å². The summed E-state index contributed by atoms with van der Waals surface area (Å²) in [5.74, 6) is -2.83. The number of carbonyl (C=O) groups excluding carboxylic acids is 2. The number of carboxylic acids is 1. The van der Waals surface area contributed by atoms with E-state index in [1.54, 1.807) is 0 Å². The summed E-state index contributed by atoms with van der Waals surface area (Å²) in [5, 5.41) is 11.4. The van der Waals surface area contributed by atoms with E-state index in [4.69, 9.17) is 16.6 Å². The number of hydrogen-bond acceptors (Lipinski definition) is 5. The van der Waals surface area contributed by atoms with Gasteiger partial charge >= 0.3 is 5.97 Å². The second kappa shape index (κ2) is 9.62. The molecule has 0 saturated carbocycles. The predicted molar refractivity (Wildman–Crippen MR) is 73.6 cm³/mol. The number of aliphatic carboxylic acids is 1. The van der Waals surface area contributed by atoms with E-state index in [1.807, 2.05) is 0 Å². The Hall–Kier alpha value is -1.28. The van der Waals surface area contributed by atoms with E-state index in [9.17, 15) is 14.4 Å². The van der Waals surface area contributed by atoms with Crippen molar-refractivity contribution in [2.75, 3.05) is 12.3 Å². The zero-order valence-electron chi connectivity index (χ0n) is 10.7. The average molecular weight is 291 g/mol. The third kappa shape index (κ3) is 7.68. The number of rotatable bonds is 10. The van der Waals surface area contributed by atoms with Crippen LogP contribution in [0.25, 0.3) is 0 Å². The molecule has 0 heterocycles. The van der Waals surface area contributed by atoms with Crippen molar-refractivity contribution >= 4 is 30.4 Å². The molecule has 0 rings (SSSR count). The minimum Gasteiger partial charge on any atom is -0.480 e. The number of amides is 2. The third-order valence-corrected chi connectivity index (χ3v) is 3.04. The molecule has 110 valence electrons. The van der Waals surface area contributed by atoms with E-state index >= 15 is 0 Å². The molecule has 0 aromatic heterocycles. The van der Waals surface area contributed by atoms with Gasteiger partial charge in [-0.25, -0.2) is 4.79 Å². The molecular weight excluding hydrogens is 270 g/mol. The van der Waals surface area contributed by atoms with Gasteiger partial charge in [-0.05, 0) is 25.8 Å². The molecule has 0 aliphatic rings. The molecule has 0 spiro atoms. The second-order valence-electron chi connectivity index (χ2n) is 4.23. The van der Waals surface area contributed by atoms with Crippen molar-refractivity contribution in [3.05, 3.63) is 0 Å². The summed E-state index contributed by atoms with van der Waals surface area (Å²) in [6, 6.07) is -0.977. The molecule has 19 heavy (non-hydrogen) atoms. The van der Waals surface area contributed by atoms with Crippen molar-refractivity contribution in [1.82, 2.24) is 5.32 Å². The van der Waals surface area contributed by atoms with Gasteiger partial charge in [-0.2, -0.15) is 12.6 Å². The van der Waals surface area contributed by atoms with Crippen molar-refractivity contribution in [1.29, 1.82) is 0 Å². The highest BCUT2D eigenvalue weighted by molar-refractivity contribution is 7.80. The van der Waals surface area contributed by atoms with Crippen molar-refractivity contribution in [3.8, 4) is 0 Å². The highest BCUT2D eigenvalue weighted by atomic mass is 32.1. The molecule has 8 heteroatoms. The first kappa shape index (κ1) is 17.7. The van der Waals surface area contributed by atoms with Crippen LogP contribution in [-0.4, -0.2) is 41.2 Å². The molecule has 0 aliphatic carbocycles. The Morgan fingerprint density at radius 3 is 2.32 bits per heavy atom. The Morgan fingerprint density at radius 2 is 1.89 bits per heavy atom. The van der Waals surface area contributed by atoms with Gasteiger partial charge in [0.2, 0.25) is 11.8 Å². The number of nitrogens with one attached hydrogen (secondary N) is 1. The van der Waals surface area contributed by atoms with Crippen LogP contribution in [0.5, 0.6) is 0 Å². The maximum atomic E-state index is 11.8. The summed E-state index contributed by atoms with van der Waals surface area (Å²) < 4.78 is 0. The minimum atomic E-state index is -1.11. The molecule has 0 radical (unpaired) electrons. The van der Waals surface area contributed by atoms with Gasteiger partial charge in [0.1, 0.15) is 6.04 Å². The molecule has 6 N–H and O–H groups in total.